The largest absolute Gasteiger partial charge is 0.340 e. The summed E-state index contributed by atoms with van der Waals surface area (Å²) >= 11 is 17.8. The number of carbonyl (C=O) groups excluding carboxylic acids is 2. The average molecular weight is 365 g/mol. The fourth-order valence-electron chi connectivity index (χ4n) is 2.23. The predicted molar refractivity (Wildman–Crippen MR) is 88.8 cm³/mol. The normalized spacial score (nSPS) is 15.7. The fraction of sp³-hybridized carbons (Fsp3) is 0.429. The van der Waals surface area contributed by atoms with Crippen molar-refractivity contribution in [3.8, 4) is 0 Å². The van der Waals surface area contributed by atoms with Crippen molar-refractivity contribution in [2.45, 2.75) is 6.92 Å². The summed E-state index contributed by atoms with van der Waals surface area (Å²) in [6.07, 6.45) is 0. The van der Waals surface area contributed by atoms with Crippen molar-refractivity contribution in [1.29, 1.82) is 0 Å². The van der Waals surface area contributed by atoms with Gasteiger partial charge in [-0.15, -0.1) is 0 Å². The maximum Gasteiger partial charge on any atom is 0.238 e. The number of piperazine rings is 1. The zero-order valence-corrected chi connectivity index (χ0v) is 14.3. The van der Waals surface area contributed by atoms with E-state index in [0.29, 0.717) is 46.9 Å². The van der Waals surface area contributed by atoms with Crippen LogP contribution in [-0.4, -0.2) is 54.3 Å². The molecule has 22 heavy (non-hydrogen) atoms. The molecule has 1 saturated heterocycles. The first-order valence-corrected chi connectivity index (χ1v) is 7.92. The van der Waals surface area contributed by atoms with E-state index in [0.717, 1.165) is 0 Å². The highest BCUT2D eigenvalue weighted by atomic mass is 35.5. The number of nitrogens with one attached hydrogen (secondary N) is 1. The van der Waals surface area contributed by atoms with E-state index in [1.165, 1.54) is 12.1 Å². The molecule has 1 heterocycles. The second-order valence-corrected chi connectivity index (χ2v) is 6.30. The van der Waals surface area contributed by atoms with Gasteiger partial charge in [-0.05, 0) is 12.1 Å². The lowest BCUT2D eigenvalue weighted by atomic mass is 10.3. The Balaban J connectivity index is 1.89. The van der Waals surface area contributed by atoms with E-state index in [9.17, 15) is 9.59 Å². The minimum Gasteiger partial charge on any atom is -0.340 e. The quantitative estimate of drug-likeness (QED) is 0.839. The summed E-state index contributed by atoms with van der Waals surface area (Å²) in [4.78, 5) is 27.1. The van der Waals surface area contributed by atoms with Gasteiger partial charge >= 0.3 is 0 Å². The van der Waals surface area contributed by atoms with E-state index in [4.69, 9.17) is 34.8 Å². The molecular formula is C14H16Cl3N3O2. The Morgan fingerprint density at radius 2 is 1.64 bits per heavy atom. The molecule has 0 radical (unpaired) electrons. The Labute approximate surface area is 144 Å². The van der Waals surface area contributed by atoms with Crippen molar-refractivity contribution in [2.24, 2.45) is 0 Å². The first-order chi connectivity index (χ1) is 10.4. The van der Waals surface area contributed by atoms with Crippen molar-refractivity contribution in [2.75, 3.05) is 38.0 Å². The standard InChI is InChI=1S/C14H16Cl3N3O2/c1-9(21)20-4-2-19(3-5-20)8-14(22)18-13-7-11(16)10(15)6-12(13)17/h6-7H,2-5,8H2,1H3,(H,18,22). The molecule has 0 spiro atoms. The van der Waals surface area contributed by atoms with Crippen LogP contribution in [-0.2, 0) is 9.59 Å². The third-order valence-electron chi connectivity index (χ3n) is 3.47. The second kappa shape index (κ2) is 7.51. The molecule has 1 N–H and O–H groups in total. The molecule has 2 amide bonds. The zero-order chi connectivity index (χ0) is 16.3. The summed E-state index contributed by atoms with van der Waals surface area (Å²) in [6, 6.07) is 3.02. The minimum atomic E-state index is -0.184. The lowest BCUT2D eigenvalue weighted by Crippen LogP contribution is -2.49. The van der Waals surface area contributed by atoms with Gasteiger partial charge in [0.2, 0.25) is 11.8 Å². The number of anilines is 1. The molecule has 1 fully saturated rings. The molecule has 1 aliphatic heterocycles. The van der Waals surface area contributed by atoms with Crippen LogP contribution in [0.15, 0.2) is 12.1 Å². The van der Waals surface area contributed by atoms with E-state index in [2.05, 4.69) is 5.32 Å². The minimum absolute atomic E-state index is 0.0617. The number of hydrogen-bond donors (Lipinski definition) is 1. The highest BCUT2D eigenvalue weighted by Crippen LogP contribution is 2.32. The van der Waals surface area contributed by atoms with E-state index in [1.807, 2.05) is 4.90 Å². The van der Waals surface area contributed by atoms with Gasteiger partial charge in [0.25, 0.3) is 0 Å². The molecule has 1 aromatic carbocycles. The smallest absolute Gasteiger partial charge is 0.238 e. The van der Waals surface area contributed by atoms with Crippen LogP contribution in [0.2, 0.25) is 15.1 Å². The van der Waals surface area contributed by atoms with Gasteiger partial charge in [-0.25, -0.2) is 0 Å². The van der Waals surface area contributed by atoms with Crippen LogP contribution in [0.3, 0.4) is 0 Å². The first-order valence-electron chi connectivity index (χ1n) is 6.79. The Kier molecular flexibility index (Phi) is 5.92. The van der Waals surface area contributed by atoms with E-state index >= 15 is 0 Å². The molecule has 2 rings (SSSR count). The van der Waals surface area contributed by atoms with Crippen molar-refractivity contribution >= 4 is 52.3 Å². The van der Waals surface area contributed by atoms with Gasteiger partial charge in [0, 0.05) is 33.1 Å². The van der Waals surface area contributed by atoms with Crippen LogP contribution in [0.4, 0.5) is 5.69 Å². The van der Waals surface area contributed by atoms with Crippen molar-refractivity contribution < 1.29 is 9.59 Å². The summed E-state index contributed by atoms with van der Waals surface area (Å²) < 4.78 is 0. The second-order valence-electron chi connectivity index (χ2n) is 5.08. The van der Waals surface area contributed by atoms with E-state index < -0.39 is 0 Å². The maximum atomic E-state index is 12.1. The molecule has 0 unspecified atom stereocenters. The van der Waals surface area contributed by atoms with Crippen molar-refractivity contribution in [1.82, 2.24) is 9.80 Å². The number of nitrogens with zero attached hydrogens (tertiary/aromatic N) is 2. The summed E-state index contributed by atoms with van der Waals surface area (Å²) in [6.45, 7) is 4.40. The fourth-order valence-corrected chi connectivity index (χ4v) is 2.83. The number of benzene rings is 1. The molecule has 1 aromatic rings. The third-order valence-corrected chi connectivity index (χ3v) is 4.50. The van der Waals surface area contributed by atoms with Gasteiger partial charge in [0.1, 0.15) is 0 Å². The number of hydrogen-bond acceptors (Lipinski definition) is 3. The van der Waals surface area contributed by atoms with Gasteiger partial charge in [-0.2, -0.15) is 0 Å². The van der Waals surface area contributed by atoms with Crippen molar-refractivity contribution in [3.05, 3.63) is 27.2 Å². The Hall–Kier alpha value is -1.01. The summed E-state index contributed by atoms with van der Waals surface area (Å²) in [5, 5.41) is 3.73. The predicted octanol–water partition coefficient (Wildman–Crippen LogP) is 2.75. The SMILES string of the molecule is CC(=O)N1CCN(CC(=O)Nc2cc(Cl)c(Cl)cc2Cl)CC1. The topological polar surface area (TPSA) is 52.7 Å². The average Bonchev–Trinajstić information content (AvgIpc) is 2.45. The molecule has 0 aromatic heterocycles. The van der Waals surface area contributed by atoms with Crippen LogP contribution in [0.25, 0.3) is 0 Å². The van der Waals surface area contributed by atoms with Crippen LogP contribution in [0, 0.1) is 0 Å². The Bertz CT molecular complexity index is 587. The van der Waals surface area contributed by atoms with Crippen LogP contribution < -0.4 is 5.32 Å². The van der Waals surface area contributed by atoms with E-state index in [-0.39, 0.29) is 18.4 Å². The van der Waals surface area contributed by atoms with Crippen LogP contribution in [0.5, 0.6) is 0 Å². The third kappa shape index (κ3) is 4.49. The van der Waals surface area contributed by atoms with Crippen molar-refractivity contribution in [3.63, 3.8) is 0 Å². The number of carbonyl (C=O) groups is 2. The molecular weight excluding hydrogens is 349 g/mol. The molecule has 0 bridgehead atoms. The number of halogens is 3. The summed E-state index contributed by atoms with van der Waals surface area (Å²) in [5.41, 5.74) is 0.434. The molecule has 120 valence electrons. The van der Waals surface area contributed by atoms with Gasteiger partial charge in [0.05, 0.1) is 27.3 Å². The Morgan fingerprint density at radius 1 is 1.05 bits per heavy atom. The zero-order valence-electron chi connectivity index (χ0n) is 12.0. The summed E-state index contributed by atoms with van der Waals surface area (Å²) in [5.74, 6) is -0.122. The molecule has 0 saturated carbocycles. The van der Waals surface area contributed by atoms with Crippen LogP contribution >= 0.6 is 34.8 Å². The highest BCUT2D eigenvalue weighted by molar-refractivity contribution is 6.44. The summed E-state index contributed by atoms with van der Waals surface area (Å²) in [7, 11) is 0. The molecule has 8 heteroatoms. The maximum absolute atomic E-state index is 12.1. The lowest BCUT2D eigenvalue weighted by Gasteiger charge is -2.33. The monoisotopic (exact) mass is 363 g/mol. The number of rotatable bonds is 3. The number of amides is 2. The van der Waals surface area contributed by atoms with Gasteiger partial charge in [-0.1, -0.05) is 34.8 Å². The molecule has 0 aliphatic carbocycles. The Morgan fingerprint density at radius 3 is 2.23 bits per heavy atom. The molecule has 5 nitrogen and oxygen atoms in total. The van der Waals surface area contributed by atoms with Gasteiger partial charge < -0.3 is 10.2 Å². The van der Waals surface area contributed by atoms with Crippen LogP contribution in [0.1, 0.15) is 6.92 Å². The molecule has 0 atom stereocenters. The lowest BCUT2D eigenvalue weighted by molar-refractivity contribution is -0.130. The van der Waals surface area contributed by atoms with Gasteiger partial charge in [-0.3, -0.25) is 14.5 Å². The van der Waals surface area contributed by atoms with E-state index in [1.54, 1.807) is 11.8 Å². The van der Waals surface area contributed by atoms with Gasteiger partial charge in [0.15, 0.2) is 0 Å². The molecule has 1 aliphatic rings. The first kappa shape index (κ1) is 17.3. The highest BCUT2D eigenvalue weighted by Gasteiger charge is 2.20.